The molecule has 9 N–H and O–H groups in total. The van der Waals surface area contributed by atoms with Crippen molar-refractivity contribution in [1.82, 2.24) is 21.4 Å². The van der Waals surface area contributed by atoms with Gasteiger partial charge in [-0.2, -0.15) is 0 Å². The fraction of sp³-hybridized carbons (Fsp3) is 0.727. The molecule has 0 aromatic heterocycles. The number of hydrazine groups is 1. The van der Waals surface area contributed by atoms with E-state index in [2.05, 4.69) is 16.0 Å². The maximum atomic E-state index is 12.1. The van der Waals surface area contributed by atoms with Crippen molar-refractivity contribution in [3.8, 4) is 0 Å². The first-order valence-corrected chi connectivity index (χ1v) is 9.17. The van der Waals surface area contributed by atoms with Gasteiger partial charge >= 0.3 is 7.60 Å². The van der Waals surface area contributed by atoms with Gasteiger partial charge in [-0.1, -0.05) is 0 Å². The van der Waals surface area contributed by atoms with Crippen LogP contribution in [0.4, 0.5) is 0 Å². The van der Waals surface area contributed by atoms with E-state index in [1.807, 2.05) is 5.43 Å². The summed E-state index contributed by atoms with van der Waals surface area (Å²) in [6.07, 6.45) is 0.286. The minimum Gasteiger partial charge on any atom is -0.370 e. The fourth-order valence-electron chi connectivity index (χ4n) is 1.71. The molecule has 2 amide bonds. The molecule has 14 nitrogen and oxygen atoms in total. The zero-order chi connectivity index (χ0) is 20.5. The molecule has 150 valence electrons. The van der Waals surface area contributed by atoms with Gasteiger partial charge in [0.05, 0.1) is 0 Å². The Morgan fingerprint density at radius 2 is 1.85 bits per heavy atom. The van der Waals surface area contributed by atoms with Gasteiger partial charge in [0.15, 0.2) is 17.0 Å². The standard InChI is InChI=1S/C11H24N7O7P/c1-6(9(19)16-7(2)26(23,24)25)15-10(20)8(17-18(21)22)4-3-5-14-11(12)13/h6-8,17H,3-5H2,1-2H3,(H,15,20)(H,16,19)(H4,12,13,14)(H2,23,24,25)/t6-,7+,8?/m0/s1. The van der Waals surface area contributed by atoms with Crippen molar-refractivity contribution in [2.45, 2.75) is 44.6 Å². The number of guanidine groups is 1. The molecule has 26 heavy (non-hydrogen) atoms. The van der Waals surface area contributed by atoms with Gasteiger partial charge in [0, 0.05) is 6.54 Å². The Morgan fingerprint density at radius 3 is 2.31 bits per heavy atom. The molecule has 1 unspecified atom stereocenters. The highest BCUT2D eigenvalue weighted by atomic mass is 31.2. The molecule has 0 spiro atoms. The number of amides is 2. The molecule has 0 aromatic rings. The second-order valence-corrected chi connectivity index (χ2v) is 7.38. The van der Waals surface area contributed by atoms with Crippen LogP contribution in [0.2, 0.25) is 0 Å². The van der Waals surface area contributed by atoms with E-state index in [0.29, 0.717) is 0 Å². The molecule has 0 radical (unpaired) electrons. The van der Waals surface area contributed by atoms with E-state index in [0.717, 1.165) is 6.92 Å². The largest absolute Gasteiger partial charge is 0.370 e. The molecule has 0 saturated carbocycles. The summed E-state index contributed by atoms with van der Waals surface area (Å²) in [5, 5.41) is 23.5. The first kappa shape index (κ1) is 23.6. The number of hydrogen-bond donors (Lipinski definition) is 8. The van der Waals surface area contributed by atoms with Crippen LogP contribution in [0, 0.1) is 15.5 Å². The number of nitrogens with one attached hydrogen (secondary N) is 5. The molecule has 3 atom stereocenters. The number of rotatable bonds is 11. The van der Waals surface area contributed by atoms with Crippen LogP contribution >= 0.6 is 7.60 Å². The molecule has 0 heterocycles. The Balaban J connectivity index is 4.69. The number of nitrogens with two attached hydrogens (primary N) is 1. The van der Waals surface area contributed by atoms with E-state index < -0.39 is 42.3 Å². The van der Waals surface area contributed by atoms with Gasteiger partial charge < -0.3 is 31.5 Å². The third-order valence-corrected chi connectivity index (χ3v) is 4.31. The second-order valence-electron chi connectivity index (χ2n) is 5.43. The second kappa shape index (κ2) is 10.5. The van der Waals surface area contributed by atoms with Crippen LogP contribution in [-0.2, 0) is 14.2 Å². The van der Waals surface area contributed by atoms with E-state index in [4.69, 9.17) is 20.9 Å². The molecule has 15 heteroatoms. The van der Waals surface area contributed by atoms with E-state index in [1.54, 1.807) is 0 Å². The summed E-state index contributed by atoms with van der Waals surface area (Å²) in [7, 11) is -4.53. The van der Waals surface area contributed by atoms with Crippen LogP contribution in [0.5, 0.6) is 0 Å². The van der Waals surface area contributed by atoms with Gasteiger partial charge in [-0.3, -0.25) is 19.6 Å². The van der Waals surface area contributed by atoms with E-state index in [9.17, 15) is 24.3 Å². The summed E-state index contributed by atoms with van der Waals surface area (Å²) in [6, 6.07) is -2.43. The van der Waals surface area contributed by atoms with Gasteiger partial charge in [0.1, 0.15) is 11.8 Å². The molecular weight excluding hydrogens is 373 g/mol. The van der Waals surface area contributed by atoms with Gasteiger partial charge in [0.2, 0.25) is 11.8 Å². The first-order valence-electron chi connectivity index (χ1n) is 7.49. The van der Waals surface area contributed by atoms with Crippen LogP contribution < -0.4 is 27.1 Å². The SMILES string of the molecule is C[C@H](NC(=O)C(CCCNC(=N)N)N[N+](=O)[O-])C(=O)N[C@@H](C)P(=O)(O)O. The van der Waals surface area contributed by atoms with E-state index >= 15 is 0 Å². The average molecular weight is 397 g/mol. The predicted molar refractivity (Wildman–Crippen MR) is 90.3 cm³/mol. The summed E-state index contributed by atoms with van der Waals surface area (Å²) in [6.45, 7) is 2.58. The number of hydrogen-bond acceptors (Lipinski definition) is 6. The summed E-state index contributed by atoms with van der Waals surface area (Å²) >= 11 is 0. The summed E-state index contributed by atoms with van der Waals surface area (Å²) in [5.41, 5.74) is 6.91. The lowest BCUT2D eigenvalue weighted by Crippen LogP contribution is -2.53. The van der Waals surface area contributed by atoms with Crippen LogP contribution in [0.15, 0.2) is 0 Å². The van der Waals surface area contributed by atoms with E-state index in [1.165, 1.54) is 6.92 Å². The van der Waals surface area contributed by atoms with Crippen LogP contribution in [0.25, 0.3) is 0 Å². The Labute approximate surface area is 149 Å². The van der Waals surface area contributed by atoms with Crippen LogP contribution in [-0.4, -0.2) is 57.0 Å². The smallest absolute Gasteiger partial charge is 0.347 e. The average Bonchev–Trinajstić information content (AvgIpc) is 2.48. The van der Waals surface area contributed by atoms with Crippen molar-refractivity contribution < 1.29 is 29.0 Å². The van der Waals surface area contributed by atoms with Gasteiger partial charge in [-0.05, 0) is 26.7 Å². The molecule has 0 saturated heterocycles. The van der Waals surface area contributed by atoms with Gasteiger partial charge in [-0.15, -0.1) is 5.43 Å². The molecule has 0 aliphatic rings. The molecule has 0 bridgehead atoms. The Hall–Kier alpha value is -2.44. The van der Waals surface area contributed by atoms with Crippen LogP contribution in [0.1, 0.15) is 26.7 Å². The zero-order valence-corrected chi connectivity index (χ0v) is 15.2. The maximum Gasteiger partial charge on any atom is 0.347 e. The topological polar surface area (TPSA) is 233 Å². The third-order valence-electron chi connectivity index (χ3n) is 3.17. The molecular formula is C11H24N7O7P. The highest BCUT2D eigenvalue weighted by Gasteiger charge is 2.29. The maximum absolute atomic E-state index is 12.1. The normalized spacial score (nSPS) is 14.5. The van der Waals surface area contributed by atoms with Crippen molar-refractivity contribution in [3.05, 3.63) is 10.1 Å². The number of nitro groups is 1. The van der Waals surface area contributed by atoms with Gasteiger partial charge in [0.25, 0.3) is 0 Å². The zero-order valence-electron chi connectivity index (χ0n) is 14.3. The van der Waals surface area contributed by atoms with Crippen molar-refractivity contribution in [2.75, 3.05) is 6.54 Å². The Kier molecular flexibility index (Phi) is 9.54. The molecule has 0 fully saturated rings. The Morgan fingerprint density at radius 1 is 1.27 bits per heavy atom. The number of carbonyl (C=O) groups excluding carboxylic acids is 2. The molecule has 0 aliphatic carbocycles. The number of carbonyl (C=O) groups is 2. The lowest BCUT2D eigenvalue weighted by atomic mass is 10.1. The molecule has 0 rings (SSSR count). The lowest BCUT2D eigenvalue weighted by Gasteiger charge is -2.21. The molecule has 0 aliphatic heterocycles. The van der Waals surface area contributed by atoms with Gasteiger partial charge in [-0.25, -0.2) is 10.1 Å². The predicted octanol–water partition coefficient (Wildman–Crippen LogP) is -2.46. The third kappa shape index (κ3) is 9.76. The quantitative estimate of drug-likeness (QED) is 0.0457. The minimum atomic E-state index is -4.53. The van der Waals surface area contributed by atoms with Crippen molar-refractivity contribution >= 4 is 25.4 Å². The molecule has 0 aromatic carbocycles. The van der Waals surface area contributed by atoms with E-state index in [-0.39, 0.29) is 25.3 Å². The van der Waals surface area contributed by atoms with Crippen molar-refractivity contribution in [1.29, 1.82) is 5.41 Å². The highest BCUT2D eigenvalue weighted by Crippen LogP contribution is 2.39. The monoisotopic (exact) mass is 397 g/mol. The first-order chi connectivity index (χ1) is 11.8. The lowest BCUT2D eigenvalue weighted by molar-refractivity contribution is -0.548. The fourth-order valence-corrected chi connectivity index (χ4v) is 2.00. The highest BCUT2D eigenvalue weighted by molar-refractivity contribution is 7.52. The number of nitrogens with zero attached hydrogens (tertiary/aromatic N) is 1. The Bertz CT molecular complexity index is 581. The van der Waals surface area contributed by atoms with Crippen LogP contribution in [0.3, 0.4) is 0 Å². The summed E-state index contributed by atoms with van der Waals surface area (Å²) in [4.78, 5) is 52.4. The summed E-state index contributed by atoms with van der Waals surface area (Å²) < 4.78 is 11.0. The van der Waals surface area contributed by atoms with Crippen molar-refractivity contribution in [3.63, 3.8) is 0 Å². The minimum absolute atomic E-state index is 0.0142. The summed E-state index contributed by atoms with van der Waals surface area (Å²) in [5.74, 6) is -3.42. The van der Waals surface area contributed by atoms with Crippen molar-refractivity contribution in [2.24, 2.45) is 5.73 Å².